The average Bonchev–Trinajstić information content (AvgIpc) is 3.13. The van der Waals surface area contributed by atoms with Gasteiger partial charge >= 0.3 is 37.7 Å². The molecule has 2 aromatic rings. The number of para-hydroxylation sites is 4. The van der Waals surface area contributed by atoms with Crippen molar-refractivity contribution in [2.45, 2.75) is 105 Å². The van der Waals surface area contributed by atoms with Gasteiger partial charge in [0.05, 0.1) is 23.6 Å². The van der Waals surface area contributed by atoms with E-state index < -0.39 is 80.2 Å². The van der Waals surface area contributed by atoms with Crippen LogP contribution in [0.2, 0.25) is 0 Å². The number of carbonyl (C=O) groups excluding carboxylic acids is 8. The fraction of sp³-hybridized carbons (Fsp3) is 0.462. The molecule has 0 unspecified atom stereocenters. The summed E-state index contributed by atoms with van der Waals surface area (Å²) in [6.45, 7) is 16.9. The topological polar surface area (TPSA) is 321 Å². The molecule has 8 amide bonds. The molecule has 0 fully saturated rings. The summed E-state index contributed by atoms with van der Waals surface area (Å²) in [7, 11) is 0. The number of carbonyl (C=O) groups is 8. The SMILES string of the molecule is CC1(C)[N-]C(=O)C(C)(C)C(=O)[N-]C(C)(C)C(=O)[N-]c2ccccc2[N-]C1=O.CC1(C)[N-]C(=O)C(C)(C)C(=O)[N-]C(C)(C)C(=O)[N-]c2ccccc2[N-]C1=O.O.OO.[CH]#[Fe].[Fe+4]. The Morgan fingerprint density at radius 2 is 0.533 bits per heavy atom. The Hall–Kier alpha value is -5.10. The molecule has 2 aliphatic heterocycles. The van der Waals surface area contributed by atoms with Crippen LogP contribution in [0.3, 0.4) is 0 Å². The van der Waals surface area contributed by atoms with Crippen LogP contribution in [-0.4, -0.2) is 85.4 Å². The predicted octanol–water partition coefficient (Wildman–Crippen LogP) is 7.61. The molecule has 2 aliphatic rings. The van der Waals surface area contributed by atoms with Gasteiger partial charge in [0.1, 0.15) is 0 Å². The van der Waals surface area contributed by atoms with Crippen molar-refractivity contribution in [3.63, 3.8) is 0 Å². The Kier molecular flexibility index (Phi) is 20.8. The van der Waals surface area contributed by atoms with Gasteiger partial charge in [0, 0.05) is 34.5 Å². The first kappa shape index (κ1) is 57.0. The maximum absolute atomic E-state index is 12.6. The second-order valence-electron chi connectivity index (χ2n) is 15.8. The van der Waals surface area contributed by atoms with Gasteiger partial charge in [0.2, 0.25) is 0 Å². The van der Waals surface area contributed by atoms with Gasteiger partial charge in [0.15, 0.2) is 0 Å². The van der Waals surface area contributed by atoms with Crippen molar-refractivity contribution in [3.05, 3.63) is 91.1 Å². The molecule has 0 atom stereocenters. The van der Waals surface area contributed by atoms with Crippen LogP contribution < -0.4 is 0 Å². The molecule has 4 rings (SSSR count). The van der Waals surface area contributed by atoms with Gasteiger partial charge in [0.25, 0.3) is 0 Å². The third kappa shape index (κ3) is 14.0. The molecule has 0 aromatic heterocycles. The second kappa shape index (κ2) is 21.9. The summed E-state index contributed by atoms with van der Waals surface area (Å²) >= 11 is 2.75. The van der Waals surface area contributed by atoms with Crippen molar-refractivity contribution in [1.29, 1.82) is 0 Å². The van der Waals surface area contributed by atoms with Gasteiger partial charge in [-0.2, -0.15) is 0 Å². The summed E-state index contributed by atoms with van der Waals surface area (Å²) in [5.74, 6) is -5.99. The van der Waals surface area contributed by atoms with Gasteiger partial charge in [-0.15, -0.1) is 22.7 Å². The standard InChI is InChI=1S/2C19H26N4O4.CH.2Fe.H2O2.H2O/c2*1-17(2)13(24)22-18(3,4)15(26)20-11-9-7-8-10-12(11)21-16(27)19(5,6)23-14(17)25;;;;1-2;/h2*7-10H,1-6H3,(H4,20,21,22,23,24,25,26,27);1H;;;1-2H;1H2/q;;;;+4;;/p-8. The van der Waals surface area contributed by atoms with E-state index in [0.717, 1.165) is 0 Å². The zero-order valence-corrected chi connectivity index (χ0v) is 37.3. The molecule has 19 nitrogen and oxygen atoms in total. The first-order chi connectivity index (χ1) is 26.5. The molecule has 0 saturated heterocycles. The zero-order valence-electron chi connectivity index (χ0n) is 35.1. The van der Waals surface area contributed by atoms with Gasteiger partial charge in [-0.3, -0.25) is 10.5 Å². The van der Waals surface area contributed by atoms with Crippen LogP contribution in [0.4, 0.5) is 22.7 Å². The van der Waals surface area contributed by atoms with Crippen LogP contribution in [0.5, 0.6) is 0 Å². The number of benzene rings is 2. The first-order valence-corrected chi connectivity index (χ1v) is 17.9. The van der Waals surface area contributed by atoms with E-state index in [9.17, 15) is 38.4 Å². The Balaban J connectivity index is 0. The predicted molar refractivity (Wildman–Crippen MR) is 216 cm³/mol. The van der Waals surface area contributed by atoms with Crippen molar-refractivity contribution in [2.75, 3.05) is 0 Å². The fourth-order valence-electron chi connectivity index (χ4n) is 4.24. The zero-order chi connectivity index (χ0) is 45.2. The van der Waals surface area contributed by atoms with Crippen molar-refractivity contribution in [1.82, 2.24) is 0 Å². The van der Waals surface area contributed by atoms with Gasteiger partial charge in [-0.25, -0.2) is 0 Å². The molecule has 2 aromatic carbocycles. The number of amides is 8. The van der Waals surface area contributed by atoms with E-state index in [4.69, 9.17) is 10.5 Å². The van der Waals surface area contributed by atoms with E-state index in [-0.39, 0.29) is 45.3 Å². The summed E-state index contributed by atoms with van der Waals surface area (Å²) in [5.41, 5.74) is -8.53. The molecule has 0 saturated carbocycles. The van der Waals surface area contributed by atoms with Crippen LogP contribution in [0.1, 0.15) is 83.1 Å². The van der Waals surface area contributed by atoms with Crippen LogP contribution in [0.25, 0.3) is 42.5 Å². The number of fused-ring (bicyclic) bond motifs is 2. The van der Waals surface area contributed by atoms with E-state index in [1.807, 2.05) is 0 Å². The number of nitrogens with zero attached hydrogens (tertiary/aromatic N) is 8. The van der Waals surface area contributed by atoms with Crippen molar-refractivity contribution < 1.29 is 86.8 Å². The molecule has 0 aliphatic carbocycles. The maximum Gasteiger partial charge on any atom is 4.00 e. The minimum absolute atomic E-state index is 0. The molecular weight excluding hydrogens is 868 g/mol. The van der Waals surface area contributed by atoms with E-state index in [0.29, 0.717) is 0 Å². The van der Waals surface area contributed by atoms with E-state index >= 15 is 0 Å². The number of hydrogen-bond donors (Lipinski definition) is 2. The largest absolute Gasteiger partial charge is 4.00 e. The third-order valence-corrected chi connectivity index (χ3v) is 8.41. The number of hydrogen-bond acceptors (Lipinski definition) is 10. The Morgan fingerprint density at radius 1 is 0.383 bits per heavy atom. The monoisotopic (exact) mass is 917 g/mol. The normalized spacial score (nSPS) is 19.8. The molecular formula is C39H49Fe2N8O11-4. The van der Waals surface area contributed by atoms with Crippen LogP contribution in [-0.2, 0) is 70.8 Å². The Labute approximate surface area is 367 Å². The Morgan fingerprint density at radius 3 is 0.683 bits per heavy atom. The van der Waals surface area contributed by atoms with E-state index in [2.05, 4.69) is 63.2 Å². The summed E-state index contributed by atoms with van der Waals surface area (Å²) in [5, 5.41) is 47.9. The summed E-state index contributed by atoms with van der Waals surface area (Å²) in [6, 6.07) is 12.7. The van der Waals surface area contributed by atoms with E-state index in [1.54, 1.807) is 24.3 Å². The third-order valence-electron chi connectivity index (χ3n) is 8.41. The van der Waals surface area contributed by atoms with E-state index in [1.165, 1.54) is 107 Å². The van der Waals surface area contributed by atoms with Gasteiger partial charge in [-0.05, 0) is 27.7 Å². The quantitative estimate of drug-likeness (QED) is 0.113. The molecule has 2 heterocycles. The average molecular weight is 918 g/mol. The molecule has 60 heavy (non-hydrogen) atoms. The van der Waals surface area contributed by atoms with Crippen molar-refractivity contribution in [3.8, 4) is 5.23 Å². The van der Waals surface area contributed by atoms with Gasteiger partial charge < -0.3 is 86.4 Å². The molecule has 21 heteroatoms. The summed E-state index contributed by atoms with van der Waals surface area (Å²) in [4.78, 5) is 101. The smallest absolute Gasteiger partial charge is 4.00 e. The molecule has 4 N–H and O–H groups in total. The fourth-order valence-corrected chi connectivity index (χ4v) is 4.24. The molecule has 0 bridgehead atoms. The van der Waals surface area contributed by atoms with Crippen molar-refractivity contribution >= 4 is 70.0 Å². The second-order valence-corrected chi connectivity index (χ2v) is 15.8. The maximum atomic E-state index is 12.6. The van der Waals surface area contributed by atoms with Crippen LogP contribution in [0.15, 0.2) is 48.5 Å². The molecule has 0 radical (unpaired) electrons. The molecule has 331 valence electrons. The molecule has 0 spiro atoms. The minimum Gasteiger partial charge on any atom is 4.00 e. The first-order valence-electron chi connectivity index (χ1n) is 17.3. The van der Waals surface area contributed by atoms with Crippen molar-refractivity contribution in [2.24, 2.45) is 10.8 Å². The summed E-state index contributed by atoms with van der Waals surface area (Å²) in [6.07, 6.45) is 0. The minimum atomic E-state index is -1.63. The Bertz CT molecular complexity index is 1700. The van der Waals surface area contributed by atoms with Crippen LogP contribution >= 0.6 is 0 Å². The number of rotatable bonds is 0. The van der Waals surface area contributed by atoms with Gasteiger partial charge in [-0.1, -0.05) is 126 Å². The van der Waals surface area contributed by atoms with Crippen LogP contribution in [0, 0.1) is 16.1 Å². The summed E-state index contributed by atoms with van der Waals surface area (Å²) < 4.78 is 0.